The molecule has 0 aliphatic rings. The molecule has 1 heterocycles. The van der Waals surface area contributed by atoms with Crippen LogP contribution in [-0.4, -0.2) is 25.0 Å². The van der Waals surface area contributed by atoms with Gasteiger partial charge < -0.3 is 10.2 Å². The van der Waals surface area contributed by atoms with Gasteiger partial charge in [0.05, 0.1) is 32.7 Å². The molecule has 0 fully saturated rings. The molecule has 0 unspecified atom stereocenters. The van der Waals surface area contributed by atoms with E-state index in [0.29, 0.717) is 11.3 Å². The van der Waals surface area contributed by atoms with Crippen molar-refractivity contribution < 1.29 is 18.0 Å². The molecule has 130 valence electrons. The fraction of sp³-hybridized carbons (Fsp3) is 0.176. The Kier molecular flexibility index (Phi) is 4.38. The van der Waals surface area contributed by atoms with Crippen LogP contribution in [0.15, 0.2) is 41.9 Å². The molecule has 0 aliphatic heterocycles. The van der Waals surface area contributed by atoms with Crippen molar-refractivity contribution >= 4 is 38.8 Å². The Hall–Kier alpha value is -2.61. The van der Waals surface area contributed by atoms with Gasteiger partial charge in [-0.2, -0.15) is 13.2 Å². The predicted molar refractivity (Wildman–Crippen MR) is 93.3 cm³/mol. The Labute approximate surface area is 145 Å². The summed E-state index contributed by atoms with van der Waals surface area (Å²) in [5.41, 5.74) is 2.58. The van der Waals surface area contributed by atoms with Crippen LogP contribution < -0.4 is 10.2 Å². The lowest BCUT2D eigenvalue weighted by Crippen LogP contribution is -2.18. The molecule has 1 aromatic heterocycles. The van der Waals surface area contributed by atoms with E-state index in [0.717, 1.165) is 22.3 Å². The number of thiazole rings is 1. The number of halogens is 3. The number of carbonyl (C=O) groups excluding carboxylic acids is 1. The molecule has 2 aromatic carbocycles. The second-order valence-electron chi connectivity index (χ2n) is 5.61. The van der Waals surface area contributed by atoms with Crippen LogP contribution in [-0.2, 0) is 6.18 Å². The molecule has 8 heteroatoms. The number of nitrogens with zero attached hydrogens (tertiary/aromatic N) is 2. The van der Waals surface area contributed by atoms with E-state index in [9.17, 15) is 18.0 Å². The van der Waals surface area contributed by atoms with E-state index >= 15 is 0 Å². The average molecular weight is 365 g/mol. The summed E-state index contributed by atoms with van der Waals surface area (Å²) in [6.45, 7) is 0. The van der Waals surface area contributed by atoms with Gasteiger partial charge in [-0.25, -0.2) is 4.98 Å². The zero-order chi connectivity index (χ0) is 18.2. The minimum absolute atomic E-state index is 0.106. The highest BCUT2D eigenvalue weighted by Crippen LogP contribution is 2.35. The number of carbonyl (C=O) groups is 1. The van der Waals surface area contributed by atoms with Crippen molar-refractivity contribution in [3.8, 4) is 0 Å². The van der Waals surface area contributed by atoms with Gasteiger partial charge in [0.1, 0.15) is 0 Å². The number of fused-ring (bicyclic) bond motifs is 1. The van der Waals surface area contributed by atoms with Crippen molar-refractivity contribution in [1.29, 1.82) is 0 Å². The Morgan fingerprint density at radius 3 is 2.60 bits per heavy atom. The first-order chi connectivity index (χ1) is 11.8. The van der Waals surface area contributed by atoms with Crippen molar-refractivity contribution in [3.05, 3.63) is 53.0 Å². The Bertz CT molecular complexity index is 934. The zero-order valence-electron chi connectivity index (χ0n) is 13.4. The summed E-state index contributed by atoms with van der Waals surface area (Å²) in [7, 11) is 3.39. The standard InChI is InChI=1S/C17H14F3N3OS/c1-23(2)14-6-4-11(17(18,19)20)8-13(14)22-16(24)10-3-5-12-15(7-10)25-9-21-12/h3-9H,1-2H3,(H,22,24). The molecule has 0 atom stereocenters. The molecular weight excluding hydrogens is 351 g/mol. The topological polar surface area (TPSA) is 45.2 Å². The zero-order valence-corrected chi connectivity index (χ0v) is 14.2. The van der Waals surface area contributed by atoms with E-state index in [4.69, 9.17) is 0 Å². The van der Waals surface area contributed by atoms with Gasteiger partial charge >= 0.3 is 6.18 Å². The minimum atomic E-state index is -4.48. The smallest absolute Gasteiger partial charge is 0.376 e. The summed E-state index contributed by atoms with van der Waals surface area (Å²) >= 11 is 1.39. The largest absolute Gasteiger partial charge is 0.416 e. The number of benzene rings is 2. The molecule has 3 aromatic rings. The molecular formula is C17H14F3N3OS. The Morgan fingerprint density at radius 1 is 1.16 bits per heavy atom. The normalized spacial score (nSPS) is 11.6. The predicted octanol–water partition coefficient (Wildman–Crippen LogP) is 4.63. The van der Waals surface area contributed by atoms with Gasteiger partial charge in [0.2, 0.25) is 0 Å². The summed E-state index contributed by atoms with van der Waals surface area (Å²) in [4.78, 5) is 18.3. The van der Waals surface area contributed by atoms with Crippen LogP contribution in [0.2, 0.25) is 0 Å². The van der Waals surface area contributed by atoms with Gasteiger partial charge in [-0.3, -0.25) is 4.79 Å². The maximum Gasteiger partial charge on any atom is 0.416 e. The highest BCUT2D eigenvalue weighted by Gasteiger charge is 2.31. The third-order valence-corrected chi connectivity index (χ3v) is 4.44. The van der Waals surface area contributed by atoms with E-state index in [1.165, 1.54) is 17.4 Å². The lowest BCUT2D eigenvalue weighted by atomic mass is 10.1. The molecule has 25 heavy (non-hydrogen) atoms. The summed E-state index contributed by atoms with van der Waals surface area (Å²) in [5.74, 6) is -0.474. The third-order valence-electron chi connectivity index (χ3n) is 3.65. The summed E-state index contributed by atoms with van der Waals surface area (Å²) in [6.07, 6.45) is -4.48. The fourth-order valence-electron chi connectivity index (χ4n) is 2.39. The highest BCUT2D eigenvalue weighted by atomic mass is 32.1. The van der Waals surface area contributed by atoms with Gasteiger partial charge in [-0.1, -0.05) is 0 Å². The fourth-order valence-corrected chi connectivity index (χ4v) is 3.11. The number of aromatic nitrogens is 1. The molecule has 1 N–H and O–H groups in total. The van der Waals surface area contributed by atoms with E-state index < -0.39 is 17.6 Å². The summed E-state index contributed by atoms with van der Waals surface area (Å²) in [6, 6.07) is 8.25. The van der Waals surface area contributed by atoms with Crippen molar-refractivity contribution in [2.24, 2.45) is 0 Å². The van der Waals surface area contributed by atoms with Crippen LogP contribution in [0.4, 0.5) is 24.5 Å². The van der Waals surface area contributed by atoms with Crippen molar-refractivity contribution in [1.82, 2.24) is 4.98 Å². The molecule has 0 saturated carbocycles. The summed E-state index contributed by atoms with van der Waals surface area (Å²) in [5, 5.41) is 2.58. The van der Waals surface area contributed by atoms with Gasteiger partial charge in [0.25, 0.3) is 5.91 Å². The number of amides is 1. The molecule has 0 aliphatic carbocycles. The molecule has 0 saturated heterocycles. The van der Waals surface area contributed by atoms with Gasteiger partial charge in [0, 0.05) is 19.7 Å². The second kappa shape index (κ2) is 6.36. The molecule has 3 rings (SSSR count). The first-order valence-electron chi connectivity index (χ1n) is 7.29. The van der Waals surface area contributed by atoms with Crippen LogP contribution in [0.25, 0.3) is 10.2 Å². The second-order valence-corrected chi connectivity index (χ2v) is 6.50. The lowest BCUT2D eigenvalue weighted by Gasteiger charge is -2.20. The first kappa shape index (κ1) is 17.2. The van der Waals surface area contributed by atoms with Crippen LogP contribution in [0.3, 0.4) is 0 Å². The maximum absolute atomic E-state index is 13.0. The Balaban J connectivity index is 1.95. The molecule has 0 bridgehead atoms. The third kappa shape index (κ3) is 3.58. The lowest BCUT2D eigenvalue weighted by molar-refractivity contribution is -0.137. The van der Waals surface area contributed by atoms with E-state index in [1.807, 2.05) is 0 Å². The SMILES string of the molecule is CN(C)c1ccc(C(F)(F)F)cc1NC(=O)c1ccc2ncsc2c1. The van der Waals surface area contributed by atoms with Crippen LogP contribution in [0.1, 0.15) is 15.9 Å². The summed E-state index contributed by atoms with van der Waals surface area (Å²) < 4.78 is 39.7. The Morgan fingerprint density at radius 2 is 1.92 bits per heavy atom. The van der Waals surface area contributed by atoms with Gasteiger partial charge in [0.15, 0.2) is 0 Å². The molecule has 0 spiro atoms. The number of alkyl halides is 3. The number of hydrogen-bond acceptors (Lipinski definition) is 4. The number of anilines is 2. The number of hydrogen-bond donors (Lipinski definition) is 1. The quantitative estimate of drug-likeness (QED) is 0.736. The van der Waals surface area contributed by atoms with Crippen LogP contribution >= 0.6 is 11.3 Å². The van der Waals surface area contributed by atoms with E-state index in [-0.39, 0.29) is 5.69 Å². The van der Waals surface area contributed by atoms with Crippen molar-refractivity contribution in [2.75, 3.05) is 24.3 Å². The average Bonchev–Trinajstić information content (AvgIpc) is 3.01. The van der Waals surface area contributed by atoms with E-state index in [2.05, 4.69) is 10.3 Å². The molecule has 1 amide bonds. The van der Waals surface area contributed by atoms with Gasteiger partial charge in [-0.05, 0) is 36.4 Å². The van der Waals surface area contributed by atoms with Crippen molar-refractivity contribution in [3.63, 3.8) is 0 Å². The molecule has 0 radical (unpaired) electrons. The van der Waals surface area contributed by atoms with Crippen LogP contribution in [0, 0.1) is 0 Å². The molecule has 4 nitrogen and oxygen atoms in total. The highest BCUT2D eigenvalue weighted by molar-refractivity contribution is 7.16. The maximum atomic E-state index is 13.0. The number of nitrogens with one attached hydrogen (secondary N) is 1. The monoisotopic (exact) mass is 365 g/mol. The first-order valence-corrected chi connectivity index (χ1v) is 8.17. The van der Waals surface area contributed by atoms with Crippen LogP contribution in [0.5, 0.6) is 0 Å². The van der Waals surface area contributed by atoms with E-state index in [1.54, 1.807) is 42.7 Å². The number of rotatable bonds is 3. The minimum Gasteiger partial charge on any atom is -0.376 e. The van der Waals surface area contributed by atoms with Crippen molar-refractivity contribution in [2.45, 2.75) is 6.18 Å². The van der Waals surface area contributed by atoms with Gasteiger partial charge in [-0.15, -0.1) is 11.3 Å².